The van der Waals surface area contributed by atoms with E-state index in [-0.39, 0.29) is 0 Å². The third kappa shape index (κ3) is 9.98. The van der Waals surface area contributed by atoms with Gasteiger partial charge in [0.2, 0.25) is 0 Å². The summed E-state index contributed by atoms with van der Waals surface area (Å²) in [5.74, 6) is -0.435. The summed E-state index contributed by atoms with van der Waals surface area (Å²) in [6.45, 7) is 10.7. The van der Waals surface area contributed by atoms with Gasteiger partial charge in [-0.15, -0.1) is 0 Å². The molecule has 1 N–H and O–H groups in total. The van der Waals surface area contributed by atoms with E-state index >= 15 is 0 Å². The van der Waals surface area contributed by atoms with Gasteiger partial charge in [-0.3, -0.25) is 0 Å². The van der Waals surface area contributed by atoms with Crippen LogP contribution in [0.3, 0.4) is 0 Å². The number of carbonyl (C=O) groups is 2. The van der Waals surface area contributed by atoms with Gasteiger partial charge in [-0.25, -0.2) is 9.59 Å². The first-order chi connectivity index (χ1) is 8.44. The Labute approximate surface area is 128 Å². The molecule has 0 spiro atoms. The second-order valence-electron chi connectivity index (χ2n) is 6.21. The molecule has 0 aliphatic carbocycles. The van der Waals surface area contributed by atoms with Gasteiger partial charge in [0.25, 0.3) is 0 Å². The summed E-state index contributed by atoms with van der Waals surface area (Å²) in [6.07, 6.45) is -0.0949. The van der Waals surface area contributed by atoms with E-state index in [4.69, 9.17) is 9.47 Å². The molecule has 0 unspecified atom stereocenters. The molecule has 0 aromatic rings. The van der Waals surface area contributed by atoms with Crippen LogP contribution in [0.1, 0.15) is 48.0 Å². The average Bonchev–Trinajstić information content (AvgIpc) is 2.10. The molecule has 0 bridgehead atoms. The largest absolute Gasteiger partial charge is 0.458 e. The highest BCUT2D eigenvalue weighted by Gasteiger charge is 2.27. The van der Waals surface area contributed by atoms with E-state index in [1.54, 1.807) is 41.5 Å². The number of amides is 1. The van der Waals surface area contributed by atoms with Crippen LogP contribution in [0.25, 0.3) is 0 Å². The fourth-order valence-corrected chi connectivity index (χ4v) is 1.80. The molecule has 0 aromatic carbocycles. The zero-order chi connectivity index (χ0) is 15.3. The number of esters is 1. The van der Waals surface area contributed by atoms with Crippen molar-refractivity contribution in [2.75, 3.05) is 4.43 Å². The molecule has 0 aromatic heterocycles. The minimum atomic E-state index is -0.675. The van der Waals surface area contributed by atoms with Crippen LogP contribution in [-0.2, 0) is 14.3 Å². The summed E-state index contributed by atoms with van der Waals surface area (Å²) in [6, 6.07) is -0.675. The van der Waals surface area contributed by atoms with Gasteiger partial charge in [-0.2, -0.15) is 0 Å². The third-order valence-corrected chi connectivity index (χ3v) is 2.40. The molecule has 0 saturated heterocycles. The highest BCUT2D eigenvalue weighted by molar-refractivity contribution is 14.1. The maximum Gasteiger partial charge on any atom is 0.408 e. The van der Waals surface area contributed by atoms with E-state index in [1.807, 2.05) is 0 Å². The molecule has 0 radical (unpaired) electrons. The van der Waals surface area contributed by atoms with Crippen LogP contribution < -0.4 is 5.32 Å². The van der Waals surface area contributed by atoms with Crippen LogP contribution in [-0.4, -0.2) is 33.7 Å². The monoisotopic (exact) mass is 385 g/mol. The zero-order valence-corrected chi connectivity index (χ0v) is 14.7. The van der Waals surface area contributed by atoms with Gasteiger partial charge in [-0.05, 0) is 48.0 Å². The second kappa shape index (κ2) is 7.31. The van der Waals surface area contributed by atoms with E-state index < -0.39 is 29.3 Å². The lowest BCUT2D eigenvalue weighted by Gasteiger charge is -2.26. The van der Waals surface area contributed by atoms with Crippen molar-refractivity contribution >= 4 is 34.7 Å². The Hall–Kier alpha value is -0.530. The molecule has 112 valence electrons. The van der Waals surface area contributed by atoms with Crippen LogP contribution in [0, 0.1) is 0 Å². The number of carbonyl (C=O) groups excluding carboxylic acids is 2. The molecule has 5 nitrogen and oxygen atoms in total. The summed E-state index contributed by atoms with van der Waals surface area (Å²) >= 11 is 2.15. The first-order valence-corrected chi connectivity index (χ1v) is 7.75. The zero-order valence-electron chi connectivity index (χ0n) is 12.5. The molecule has 0 heterocycles. The van der Waals surface area contributed by atoms with Crippen LogP contribution in [0.5, 0.6) is 0 Å². The van der Waals surface area contributed by atoms with E-state index in [1.165, 1.54) is 0 Å². The van der Waals surface area contributed by atoms with Crippen LogP contribution in [0.2, 0.25) is 0 Å². The van der Waals surface area contributed by atoms with E-state index in [0.29, 0.717) is 6.42 Å². The van der Waals surface area contributed by atoms with Gasteiger partial charge < -0.3 is 14.8 Å². The van der Waals surface area contributed by atoms with Gasteiger partial charge in [-0.1, -0.05) is 22.6 Å². The second-order valence-corrected chi connectivity index (χ2v) is 7.29. The quantitative estimate of drug-likeness (QED) is 0.459. The molecule has 0 saturated carbocycles. The topological polar surface area (TPSA) is 64.6 Å². The predicted octanol–water partition coefficient (Wildman–Crippen LogP) is 3.05. The maximum absolute atomic E-state index is 12.0. The Morgan fingerprint density at radius 3 is 1.89 bits per heavy atom. The van der Waals surface area contributed by atoms with Crippen molar-refractivity contribution in [2.45, 2.75) is 65.2 Å². The SMILES string of the molecule is CC(C)(C)OC(=O)N[C@H](CCI)C(=O)OC(C)(C)C. The number of alkyl carbamates (subject to hydrolysis) is 1. The van der Waals surface area contributed by atoms with Gasteiger partial charge in [0.1, 0.15) is 17.2 Å². The summed E-state index contributed by atoms with van der Waals surface area (Å²) in [5.41, 5.74) is -1.16. The molecule has 19 heavy (non-hydrogen) atoms. The van der Waals surface area contributed by atoms with Crippen molar-refractivity contribution < 1.29 is 19.1 Å². The number of hydrogen-bond donors (Lipinski definition) is 1. The van der Waals surface area contributed by atoms with Crippen molar-refractivity contribution in [3.63, 3.8) is 0 Å². The minimum Gasteiger partial charge on any atom is -0.458 e. The number of nitrogens with one attached hydrogen (secondary N) is 1. The molecule has 0 rings (SSSR count). The van der Waals surface area contributed by atoms with E-state index in [2.05, 4.69) is 27.9 Å². The minimum absolute atomic E-state index is 0.435. The predicted molar refractivity (Wildman–Crippen MR) is 82.5 cm³/mol. The van der Waals surface area contributed by atoms with Gasteiger partial charge in [0, 0.05) is 4.43 Å². The van der Waals surface area contributed by atoms with Crippen LogP contribution >= 0.6 is 22.6 Å². The Balaban J connectivity index is 4.57. The lowest BCUT2D eigenvalue weighted by molar-refractivity contribution is -0.157. The maximum atomic E-state index is 12.0. The molecule has 1 atom stereocenters. The number of hydrogen-bond acceptors (Lipinski definition) is 4. The van der Waals surface area contributed by atoms with Gasteiger partial charge in [0.15, 0.2) is 0 Å². The third-order valence-electron chi connectivity index (χ3n) is 1.78. The van der Waals surface area contributed by atoms with Gasteiger partial charge in [0.05, 0.1) is 0 Å². The molecule has 6 heteroatoms. The molecular weight excluding hydrogens is 361 g/mol. The Bertz CT molecular complexity index is 318. The van der Waals surface area contributed by atoms with Crippen LogP contribution in [0.4, 0.5) is 4.79 Å². The summed E-state index contributed by atoms with van der Waals surface area (Å²) in [4.78, 5) is 23.6. The highest BCUT2D eigenvalue weighted by atomic mass is 127. The highest BCUT2D eigenvalue weighted by Crippen LogP contribution is 2.12. The lowest BCUT2D eigenvalue weighted by atomic mass is 10.1. The molecule has 0 fully saturated rings. The lowest BCUT2D eigenvalue weighted by Crippen LogP contribution is -2.46. The van der Waals surface area contributed by atoms with Gasteiger partial charge >= 0.3 is 12.1 Å². The Morgan fingerprint density at radius 2 is 1.53 bits per heavy atom. The Kier molecular flexibility index (Phi) is 7.10. The van der Waals surface area contributed by atoms with Crippen LogP contribution in [0.15, 0.2) is 0 Å². The smallest absolute Gasteiger partial charge is 0.408 e. The fraction of sp³-hybridized carbons (Fsp3) is 0.846. The normalized spacial score (nSPS) is 13.6. The van der Waals surface area contributed by atoms with Crippen molar-refractivity contribution in [1.82, 2.24) is 5.32 Å². The standard InChI is InChI=1S/C13H24INO4/c1-12(2,3)18-10(16)9(7-8-14)15-11(17)19-13(4,5)6/h9H,7-8H2,1-6H3,(H,15,17)/t9-/m1/s1. The van der Waals surface area contributed by atoms with Crippen molar-refractivity contribution in [1.29, 1.82) is 0 Å². The van der Waals surface area contributed by atoms with Crippen molar-refractivity contribution in [2.24, 2.45) is 0 Å². The summed E-state index contributed by atoms with van der Waals surface area (Å²) < 4.78 is 11.1. The number of halogens is 1. The molecule has 1 amide bonds. The van der Waals surface area contributed by atoms with Crippen molar-refractivity contribution in [3.8, 4) is 0 Å². The molecular formula is C13H24INO4. The number of ether oxygens (including phenoxy) is 2. The first kappa shape index (κ1) is 18.5. The molecule has 0 aliphatic rings. The van der Waals surface area contributed by atoms with Crippen molar-refractivity contribution in [3.05, 3.63) is 0 Å². The number of rotatable bonds is 4. The first-order valence-electron chi connectivity index (χ1n) is 6.23. The number of alkyl halides is 1. The van der Waals surface area contributed by atoms with E-state index in [9.17, 15) is 9.59 Å². The van der Waals surface area contributed by atoms with E-state index in [0.717, 1.165) is 4.43 Å². The Morgan fingerprint density at radius 1 is 1.05 bits per heavy atom. The average molecular weight is 385 g/mol. The fourth-order valence-electron chi connectivity index (χ4n) is 1.18. The summed E-state index contributed by atoms with van der Waals surface area (Å²) in [5, 5.41) is 2.56. The molecule has 0 aliphatic heterocycles. The summed E-state index contributed by atoms with van der Waals surface area (Å²) in [7, 11) is 0.